The molecule has 0 radical (unpaired) electrons. The summed E-state index contributed by atoms with van der Waals surface area (Å²) in [6.07, 6.45) is 6.06. The molecule has 0 spiro atoms. The van der Waals surface area contributed by atoms with Crippen molar-refractivity contribution in [3.63, 3.8) is 0 Å². The monoisotopic (exact) mass is 554 g/mol. The Hall–Kier alpha value is -1.85. The van der Waals surface area contributed by atoms with Crippen LogP contribution in [0.2, 0.25) is 0 Å². The van der Waals surface area contributed by atoms with E-state index in [0.717, 1.165) is 6.54 Å². The Kier molecular flexibility index (Phi) is 12.5. The summed E-state index contributed by atoms with van der Waals surface area (Å²) in [7, 11) is 4.86. The Morgan fingerprint density at radius 3 is 2.55 bits per heavy atom. The van der Waals surface area contributed by atoms with Gasteiger partial charge in [0.25, 0.3) is 0 Å². The van der Waals surface area contributed by atoms with E-state index in [0.29, 0.717) is 23.2 Å². The predicted molar refractivity (Wildman–Crippen MR) is 127 cm³/mol. The van der Waals surface area contributed by atoms with Crippen LogP contribution < -0.4 is 20.1 Å². The maximum atomic E-state index is 12.7. The van der Waals surface area contributed by atoms with Crippen molar-refractivity contribution in [1.29, 1.82) is 0 Å². The van der Waals surface area contributed by atoms with Gasteiger partial charge in [-0.1, -0.05) is 19.3 Å². The molecule has 1 amide bonds. The second kappa shape index (κ2) is 14.3. The molecule has 1 aliphatic carbocycles. The van der Waals surface area contributed by atoms with Gasteiger partial charge in [0.05, 0.1) is 20.2 Å². The van der Waals surface area contributed by atoms with Gasteiger partial charge < -0.3 is 25.0 Å². The number of nitrogens with zero attached hydrogens (tertiary/aromatic N) is 2. The molecule has 0 bridgehead atoms. The highest BCUT2D eigenvalue weighted by molar-refractivity contribution is 14.0. The summed E-state index contributed by atoms with van der Waals surface area (Å²) in [6.45, 7) is -2.00. The van der Waals surface area contributed by atoms with Gasteiger partial charge in [0, 0.05) is 26.2 Å². The fourth-order valence-corrected chi connectivity index (χ4v) is 3.31. The largest absolute Gasteiger partial charge is 0.497 e. The van der Waals surface area contributed by atoms with Crippen molar-refractivity contribution in [1.82, 2.24) is 15.5 Å². The average molecular weight is 554 g/mol. The van der Waals surface area contributed by atoms with Crippen molar-refractivity contribution in [2.24, 2.45) is 10.9 Å². The number of nitrogens with one attached hydrogen (secondary N) is 2. The number of amides is 1. The number of carbonyl (C=O) groups excluding carboxylic acids is 1. The highest BCUT2D eigenvalue weighted by Gasteiger charge is 2.15. The van der Waals surface area contributed by atoms with Crippen molar-refractivity contribution in [3.8, 4) is 11.5 Å². The number of halogens is 3. The molecule has 0 atom stereocenters. The lowest BCUT2D eigenvalue weighted by Crippen LogP contribution is -2.44. The van der Waals surface area contributed by atoms with E-state index in [1.54, 1.807) is 26.2 Å². The topological polar surface area (TPSA) is 75.2 Å². The zero-order valence-electron chi connectivity index (χ0n) is 18.3. The number of likely N-dealkylation sites (N-methyl/N-ethyl adjacent to an activating group) is 1. The Bertz CT molecular complexity index is 714. The molecule has 0 aromatic heterocycles. The molecule has 0 unspecified atom stereocenters. The minimum Gasteiger partial charge on any atom is -0.497 e. The minimum atomic E-state index is -2.93. The maximum absolute atomic E-state index is 12.7. The third kappa shape index (κ3) is 9.88. The fourth-order valence-electron chi connectivity index (χ4n) is 3.31. The normalized spacial score (nSPS) is 14.6. The summed E-state index contributed by atoms with van der Waals surface area (Å²) >= 11 is 0. The fraction of sp³-hybridized carbons (Fsp3) is 0.619. The molecule has 0 saturated heterocycles. The Labute approximate surface area is 200 Å². The highest BCUT2D eigenvalue weighted by Crippen LogP contribution is 2.26. The molecule has 1 aromatic rings. The molecule has 2 N–H and O–H groups in total. The zero-order valence-corrected chi connectivity index (χ0v) is 20.7. The van der Waals surface area contributed by atoms with E-state index in [2.05, 4.69) is 20.4 Å². The van der Waals surface area contributed by atoms with Crippen molar-refractivity contribution >= 4 is 35.8 Å². The molecule has 7 nitrogen and oxygen atoms in total. The zero-order chi connectivity index (χ0) is 21.9. The lowest BCUT2D eigenvalue weighted by Gasteiger charge is -2.23. The van der Waals surface area contributed by atoms with Crippen LogP contribution >= 0.6 is 24.0 Å². The first kappa shape index (κ1) is 27.2. The number of carbonyl (C=O) groups is 1. The second-order valence-electron chi connectivity index (χ2n) is 7.54. The van der Waals surface area contributed by atoms with E-state index in [9.17, 15) is 13.6 Å². The first-order chi connectivity index (χ1) is 14.4. The smallest absolute Gasteiger partial charge is 0.387 e. The first-order valence-corrected chi connectivity index (χ1v) is 10.2. The number of alkyl halides is 2. The van der Waals surface area contributed by atoms with Crippen LogP contribution in [-0.2, 0) is 11.3 Å². The molecule has 1 aromatic carbocycles. The van der Waals surface area contributed by atoms with Gasteiger partial charge in [0.15, 0.2) is 5.96 Å². The number of hydrogen-bond donors (Lipinski definition) is 2. The van der Waals surface area contributed by atoms with Crippen LogP contribution in [0.1, 0.15) is 37.7 Å². The van der Waals surface area contributed by atoms with E-state index in [1.807, 2.05) is 0 Å². The second-order valence-corrected chi connectivity index (χ2v) is 7.54. The molecular weight excluding hydrogens is 521 g/mol. The number of methoxy groups -OCH3 is 1. The summed E-state index contributed by atoms with van der Waals surface area (Å²) in [4.78, 5) is 17.9. The molecule has 2 rings (SSSR count). The molecule has 1 saturated carbocycles. The molecule has 10 heteroatoms. The van der Waals surface area contributed by atoms with Crippen LogP contribution in [-0.4, -0.2) is 57.7 Å². The van der Waals surface area contributed by atoms with E-state index in [4.69, 9.17) is 4.74 Å². The van der Waals surface area contributed by atoms with E-state index in [1.165, 1.54) is 50.2 Å². The lowest BCUT2D eigenvalue weighted by atomic mass is 9.89. The molecular formula is C21H33F2IN4O3. The summed E-state index contributed by atoms with van der Waals surface area (Å²) < 4.78 is 35.3. The van der Waals surface area contributed by atoms with Crippen LogP contribution in [0.25, 0.3) is 0 Å². The Balaban J connectivity index is 0.00000480. The van der Waals surface area contributed by atoms with E-state index < -0.39 is 6.61 Å². The number of rotatable bonds is 9. The van der Waals surface area contributed by atoms with Gasteiger partial charge in [-0.05, 0) is 37.0 Å². The number of aliphatic imine (C=N–C) groups is 1. The minimum absolute atomic E-state index is 0. The quantitative estimate of drug-likeness (QED) is 0.277. The van der Waals surface area contributed by atoms with E-state index >= 15 is 0 Å². The summed E-state index contributed by atoms with van der Waals surface area (Å²) in [5.74, 6) is 1.50. The van der Waals surface area contributed by atoms with Crippen LogP contribution in [0.3, 0.4) is 0 Å². The number of hydrogen-bond acceptors (Lipinski definition) is 4. The van der Waals surface area contributed by atoms with Gasteiger partial charge in [-0.25, -0.2) is 4.99 Å². The van der Waals surface area contributed by atoms with Crippen molar-refractivity contribution in [3.05, 3.63) is 23.8 Å². The van der Waals surface area contributed by atoms with E-state index in [-0.39, 0.29) is 48.7 Å². The summed E-state index contributed by atoms with van der Waals surface area (Å²) in [5.41, 5.74) is 0.465. The Morgan fingerprint density at radius 2 is 1.94 bits per heavy atom. The molecule has 0 aliphatic heterocycles. The SMILES string of the molecule is COc1ccc(OC(F)F)c(CN=C(NCC(=O)N(C)C)NCC2CCCCC2)c1.I. The van der Waals surface area contributed by atoms with Crippen molar-refractivity contribution in [2.45, 2.75) is 45.3 Å². The third-order valence-corrected chi connectivity index (χ3v) is 5.08. The Morgan fingerprint density at radius 1 is 1.23 bits per heavy atom. The molecule has 1 aliphatic rings. The lowest BCUT2D eigenvalue weighted by molar-refractivity contribution is -0.127. The summed E-state index contributed by atoms with van der Waals surface area (Å²) in [6, 6.07) is 4.61. The van der Waals surface area contributed by atoms with Gasteiger partial charge in [0.1, 0.15) is 11.5 Å². The van der Waals surface area contributed by atoms with Crippen molar-refractivity contribution in [2.75, 3.05) is 34.3 Å². The van der Waals surface area contributed by atoms with Crippen molar-refractivity contribution < 1.29 is 23.0 Å². The predicted octanol–water partition coefficient (Wildman–Crippen LogP) is 3.62. The third-order valence-electron chi connectivity index (χ3n) is 5.08. The van der Waals surface area contributed by atoms with Gasteiger partial charge in [-0.2, -0.15) is 8.78 Å². The van der Waals surface area contributed by atoms with Gasteiger partial charge in [0.2, 0.25) is 5.91 Å². The van der Waals surface area contributed by atoms with Crippen LogP contribution in [0.5, 0.6) is 11.5 Å². The molecule has 176 valence electrons. The first-order valence-electron chi connectivity index (χ1n) is 10.2. The molecule has 31 heavy (non-hydrogen) atoms. The van der Waals surface area contributed by atoms with Gasteiger partial charge in [-0.3, -0.25) is 4.79 Å². The highest BCUT2D eigenvalue weighted by atomic mass is 127. The van der Waals surface area contributed by atoms with Crippen LogP contribution in [0, 0.1) is 5.92 Å². The maximum Gasteiger partial charge on any atom is 0.387 e. The number of guanidine groups is 1. The molecule has 1 fully saturated rings. The van der Waals surface area contributed by atoms with Crippen LogP contribution in [0.4, 0.5) is 8.78 Å². The average Bonchev–Trinajstić information content (AvgIpc) is 2.74. The summed E-state index contributed by atoms with van der Waals surface area (Å²) in [5, 5.41) is 6.32. The van der Waals surface area contributed by atoms with Crippen LogP contribution in [0.15, 0.2) is 23.2 Å². The number of benzene rings is 1. The molecule has 0 heterocycles. The standard InChI is InChI=1S/C21H32F2N4O3.HI/c1-27(2)19(28)14-26-21(24-12-15-7-5-4-6-8-15)25-13-16-11-17(29-3)9-10-18(16)30-20(22)23;/h9-11,15,20H,4-8,12-14H2,1-3H3,(H2,24,25,26);1H. The number of ether oxygens (including phenoxy) is 2. The van der Waals surface area contributed by atoms with Gasteiger partial charge in [-0.15, -0.1) is 24.0 Å². The van der Waals surface area contributed by atoms with Gasteiger partial charge >= 0.3 is 6.61 Å².